The SMILES string of the molecule is CCc1c(C2CC2c2ccc(OC)cc2)n(S(=O)(=O)c2ccc(C)cc2)c2ccccc12. The molecule has 0 amide bonds. The highest BCUT2D eigenvalue weighted by molar-refractivity contribution is 7.90. The minimum Gasteiger partial charge on any atom is -0.497 e. The Hall–Kier alpha value is -3.05. The van der Waals surface area contributed by atoms with Crippen molar-refractivity contribution >= 4 is 20.9 Å². The first kappa shape index (κ1) is 20.8. The fourth-order valence-corrected chi connectivity index (χ4v) is 6.45. The maximum absolute atomic E-state index is 13.9. The Morgan fingerprint density at radius 2 is 1.62 bits per heavy atom. The molecule has 1 aromatic heterocycles. The van der Waals surface area contributed by atoms with Crippen LogP contribution in [0.1, 0.15) is 47.6 Å². The van der Waals surface area contributed by atoms with Crippen molar-refractivity contribution in [3.8, 4) is 5.75 Å². The van der Waals surface area contributed by atoms with Crippen LogP contribution in [0, 0.1) is 6.92 Å². The maximum atomic E-state index is 13.9. The maximum Gasteiger partial charge on any atom is 0.268 e. The molecule has 32 heavy (non-hydrogen) atoms. The summed E-state index contributed by atoms with van der Waals surface area (Å²) in [5.41, 5.74) is 5.10. The lowest BCUT2D eigenvalue weighted by Crippen LogP contribution is -2.16. The number of hydrogen-bond acceptors (Lipinski definition) is 3. The molecule has 3 aromatic carbocycles. The van der Waals surface area contributed by atoms with Gasteiger partial charge in [0.05, 0.1) is 17.5 Å². The zero-order valence-electron chi connectivity index (χ0n) is 18.6. The average molecular weight is 446 g/mol. The van der Waals surface area contributed by atoms with Crippen LogP contribution in [-0.2, 0) is 16.4 Å². The van der Waals surface area contributed by atoms with Crippen LogP contribution in [0.2, 0.25) is 0 Å². The standard InChI is InChI=1S/C27H27NO3S/c1-4-22-23-7-5-6-8-26(23)28(32(29,30)21-15-9-18(2)10-16-21)27(22)25-17-24(25)19-11-13-20(31-3)14-12-19/h5-16,24-25H,4,17H2,1-3H3. The fraction of sp³-hybridized carbons (Fsp3) is 0.259. The van der Waals surface area contributed by atoms with Gasteiger partial charge in [0.25, 0.3) is 10.0 Å². The van der Waals surface area contributed by atoms with E-state index >= 15 is 0 Å². The summed E-state index contributed by atoms with van der Waals surface area (Å²) in [4.78, 5) is 0.328. The zero-order chi connectivity index (χ0) is 22.5. The molecule has 1 aliphatic carbocycles. The molecule has 0 N–H and O–H groups in total. The second kappa shape index (κ2) is 7.82. The number of aromatic nitrogens is 1. The molecule has 1 aliphatic rings. The number of ether oxygens (including phenoxy) is 1. The Balaban J connectivity index is 1.68. The second-order valence-corrected chi connectivity index (χ2v) is 10.3. The van der Waals surface area contributed by atoms with Gasteiger partial charge in [-0.1, -0.05) is 55.0 Å². The molecule has 4 nitrogen and oxygen atoms in total. The molecule has 0 radical (unpaired) electrons. The van der Waals surface area contributed by atoms with Crippen molar-refractivity contribution in [1.82, 2.24) is 3.97 Å². The Morgan fingerprint density at radius 3 is 2.28 bits per heavy atom. The van der Waals surface area contributed by atoms with E-state index < -0.39 is 10.0 Å². The number of fused-ring (bicyclic) bond motifs is 1. The number of aryl methyl sites for hydroxylation is 2. The van der Waals surface area contributed by atoms with E-state index in [0.29, 0.717) is 10.8 Å². The van der Waals surface area contributed by atoms with Crippen molar-refractivity contribution in [2.24, 2.45) is 0 Å². The van der Waals surface area contributed by atoms with Crippen molar-refractivity contribution in [3.63, 3.8) is 0 Å². The summed E-state index contributed by atoms with van der Waals surface area (Å²) in [7, 11) is -2.06. The topological polar surface area (TPSA) is 48.3 Å². The van der Waals surface area contributed by atoms with Crippen LogP contribution < -0.4 is 4.74 Å². The van der Waals surface area contributed by atoms with Gasteiger partial charge in [0, 0.05) is 17.0 Å². The largest absolute Gasteiger partial charge is 0.497 e. The first-order chi connectivity index (χ1) is 15.5. The minimum atomic E-state index is -3.73. The first-order valence-electron chi connectivity index (χ1n) is 11.0. The summed E-state index contributed by atoms with van der Waals surface area (Å²) in [5.74, 6) is 1.31. The van der Waals surface area contributed by atoms with Crippen LogP contribution in [0.15, 0.2) is 77.7 Å². The zero-order valence-corrected chi connectivity index (χ0v) is 19.4. The molecular weight excluding hydrogens is 418 g/mol. The Labute approximate surface area is 189 Å². The molecule has 1 heterocycles. The molecule has 5 heteroatoms. The molecule has 0 spiro atoms. The van der Waals surface area contributed by atoms with E-state index in [4.69, 9.17) is 4.74 Å². The molecular formula is C27H27NO3S. The van der Waals surface area contributed by atoms with E-state index in [9.17, 15) is 8.42 Å². The highest BCUT2D eigenvalue weighted by atomic mass is 32.2. The molecule has 5 rings (SSSR count). The summed E-state index contributed by atoms with van der Waals surface area (Å²) in [6, 6.07) is 23.2. The average Bonchev–Trinajstić information content (AvgIpc) is 3.53. The van der Waals surface area contributed by atoms with E-state index in [1.165, 1.54) is 5.56 Å². The van der Waals surface area contributed by atoms with E-state index in [1.54, 1.807) is 23.2 Å². The molecule has 0 aliphatic heterocycles. The molecule has 1 fully saturated rings. The molecule has 0 bridgehead atoms. The van der Waals surface area contributed by atoms with Gasteiger partial charge in [-0.3, -0.25) is 0 Å². The number of rotatable bonds is 6. The molecule has 164 valence electrons. The molecule has 2 unspecified atom stereocenters. The van der Waals surface area contributed by atoms with Gasteiger partial charge in [-0.05, 0) is 67.1 Å². The normalized spacial score (nSPS) is 18.1. The predicted molar refractivity (Wildman–Crippen MR) is 128 cm³/mol. The van der Waals surface area contributed by atoms with E-state index in [1.807, 2.05) is 55.5 Å². The van der Waals surface area contributed by atoms with Crippen LogP contribution in [0.25, 0.3) is 10.9 Å². The number of para-hydroxylation sites is 1. The molecule has 4 aromatic rings. The van der Waals surface area contributed by atoms with Gasteiger partial charge < -0.3 is 4.74 Å². The first-order valence-corrected chi connectivity index (χ1v) is 12.5. The molecule has 2 atom stereocenters. The van der Waals surface area contributed by atoms with E-state index in [0.717, 1.165) is 46.3 Å². The summed E-state index contributed by atoms with van der Waals surface area (Å²) >= 11 is 0. The number of nitrogens with zero attached hydrogens (tertiary/aromatic N) is 1. The lowest BCUT2D eigenvalue weighted by atomic mass is 10.0. The lowest BCUT2D eigenvalue weighted by molar-refractivity contribution is 0.414. The van der Waals surface area contributed by atoms with Crippen molar-refractivity contribution < 1.29 is 13.2 Å². The van der Waals surface area contributed by atoms with E-state index in [-0.39, 0.29) is 5.92 Å². The number of hydrogen-bond donors (Lipinski definition) is 0. The summed E-state index contributed by atoms with van der Waals surface area (Å²) in [5, 5.41) is 1.03. The highest BCUT2D eigenvalue weighted by Gasteiger charge is 2.45. The van der Waals surface area contributed by atoms with E-state index in [2.05, 4.69) is 19.1 Å². The van der Waals surface area contributed by atoms with Crippen LogP contribution in [0.3, 0.4) is 0 Å². The van der Waals surface area contributed by atoms with Gasteiger partial charge in [0.1, 0.15) is 5.75 Å². The summed E-state index contributed by atoms with van der Waals surface area (Å²) in [6.07, 6.45) is 1.73. The Bertz CT molecular complexity index is 1380. The Morgan fingerprint density at radius 1 is 0.938 bits per heavy atom. The van der Waals surface area contributed by atoms with Crippen LogP contribution in [0.4, 0.5) is 0 Å². The van der Waals surface area contributed by atoms with Gasteiger partial charge in [-0.15, -0.1) is 0 Å². The van der Waals surface area contributed by atoms with Crippen molar-refractivity contribution in [3.05, 3.63) is 95.2 Å². The van der Waals surface area contributed by atoms with Gasteiger partial charge in [0.15, 0.2) is 0 Å². The fourth-order valence-electron chi connectivity index (χ4n) is 4.83. The molecule has 1 saturated carbocycles. The van der Waals surface area contributed by atoms with Crippen LogP contribution >= 0.6 is 0 Å². The quantitative estimate of drug-likeness (QED) is 0.364. The summed E-state index contributed by atoms with van der Waals surface area (Å²) in [6.45, 7) is 4.07. The predicted octanol–water partition coefficient (Wildman–Crippen LogP) is 6.03. The monoisotopic (exact) mass is 445 g/mol. The van der Waals surface area contributed by atoms with Gasteiger partial charge in [0.2, 0.25) is 0 Å². The van der Waals surface area contributed by atoms with Gasteiger partial charge >= 0.3 is 0 Å². The smallest absolute Gasteiger partial charge is 0.268 e. The van der Waals surface area contributed by atoms with Crippen molar-refractivity contribution in [2.75, 3.05) is 7.11 Å². The van der Waals surface area contributed by atoms with Crippen LogP contribution in [-0.4, -0.2) is 19.5 Å². The number of benzene rings is 3. The van der Waals surface area contributed by atoms with Crippen molar-refractivity contribution in [2.45, 2.75) is 43.4 Å². The second-order valence-electron chi connectivity index (χ2n) is 8.54. The van der Waals surface area contributed by atoms with Gasteiger partial charge in [-0.25, -0.2) is 12.4 Å². The highest BCUT2D eigenvalue weighted by Crippen LogP contribution is 2.57. The van der Waals surface area contributed by atoms with Crippen LogP contribution in [0.5, 0.6) is 5.75 Å². The summed E-state index contributed by atoms with van der Waals surface area (Å²) < 4.78 is 34.7. The molecule has 0 saturated heterocycles. The third kappa shape index (κ3) is 3.32. The van der Waals surface area contributed by atoms with Gasteiger partial charge in [-0.2, -0.15) is 0 Å². The minimum absolute atomic E-state index is 0.172. The van der Waals surface area contributed by atoms with Crippen molar-refractivity contribution in [1.29, 1.82) is 0 Å². The number of methoxy groups -OCH3 is 1. The lowest BCUT2D eigenvalue weighted by Gasteiger charge is -2.14. The third-order valence-electron chi connectivity index (χ3n) is 6.57. The third-order valence-corrected chi connectivity index (χ3v) is 8.32. The Kier molecular flexibility index (Phi) is 5.09.